The Hall–Kier alpha value is -0.440. The first-order chi connectivity index (χ1) is 9.69. The quantitative estimate of drug-likeness (QED) is 0.782. The Balaban J connectivity index is 2.53. The number of hydrogen-bond acceptors (Lipinski definition) is 3. The molecule has 21 heavy (non-hydrogen) atoms. The number of piperidine rings is 1. The molecule has 0 bridgehead atoms. The van der Waals surface area contributed by atoms with Gasteiger partial charge in [0.15, 0.2) is 0 Å². The lowest BCUT2D eigenvalue weighted by molar-refractivity contribution is -0.149. The lowest BCUT2D eigenvalue weighted by Gasteiger charge is -2.40. The monoisotopic (exact) mass is 439 g/mol. The summed E-state index contributed by atoms with van der Waals surface area (Å²) < 4.78 is 28.0. The van der Waals surface area contributed by atoms with Gasteiger partial charge in [0.25, 0.3) is 0 Å². The van der Waals surface area contributed by atoms with Crippen LogP contribution >= 0.6 is 31.9 Å². The van der Waals surface area contributed by atoms with Crippen molar-refractivity contribution in [3.8, 4) is 0 Å². The zero-order valence-electron chi connectivity index (χ0n) is 11.3. The number of sulfonamides is 1. The van der Waals surface area contributed by atoms with Crippen LogP contribution in [0.15, 0.2) is 32.0 Å². The maximum atomic E-state index is 12.9. The summed E-state index contributed by atoms with van der Waals surface area (Å²) in [6.07, 6.45) is 1.68. The van der Waals surface area contributed by atoms with Crippen LogP contribution in [0.25, 0.3) is 0 Å². The fourth-order valence-corrected chi connectivity index (χ4v) is 6.01. The highest BCUT2D eigenvalue weighted by Gasteiger charge is 2.48. The topological polar surface area (TPSA) is 74.7 Å². The Morgan fingerprint density at radius 2 is 2.00 bits per heavy atom. The molecule has 5 nitrogen and oxygen atoms in total. The highest BCUT2D eigenvalue weighted by Crippen LogP contribution is 2.36. The number of carbonyl (C=O) groups is 1. The Kier molecular flexibility index (Phi) is 4.82. The Morgan fingerprint density at radius 1 is 1.33 bits per heavy atom. The summed E-state index contributed by atoms with van der Waals surface area (Å²) in [5, 5.41) is 9.47. The second-order valence-electron chi connectivity index (χ2n) is 5.19. The van der Waals surface area contributed by atoms with Crippen LogP contribution in [-0.4, -0.2) is 35.9 Å². The van der Waals surface area contributed by atoms with E-state index in [0.717, 1.165) is 8.78 Å². The van der Waals surface area contributed by atoms with Crippen molar-refractivity contribution >= 4 is 47.9 Å². The van der Waals surface area contributed by atoms with E-state index in [-0.39, 0.29) is 11.4 Å². The fourth-order valence-electron chi connectivity index (χ4n) is 2.50. The van der Waals surface area contributed by atoms with Crippen molar-refractivity contribution in [1.82, 2.24) is 4.31 Å². The summed E-state index contributed by atoms with van der Waals surface area (Å²) >= 11 is 6.51. The Morgan fingerprint density at radius 3 is 2.57 bits per heavy atom. The average Bonchev–Trinajstić information content (AvgIpc) is 2.38. The molecule has 8 heteroatoms. The Bertz CT molecular complexity index is 677. The minimum Gasteiger partial charge on any atom is -0.480 e. The highest BCUT2D eigenvalue weighted by atomic mass is 79.9. The van der Waals surface area contributed by atoms with E-state index in [4.69, 9.17) is 0 Å². The molecule has 1 atom stereocenters. The molecular formula is C13H15Br2NO4S. The van der Waals surface area contributed by atoms with Crippen LogP contribution in [0.5, 0.6) is 0 Å². The van der Waals surface area contributed by atoms with Gasteiger partial charge in [-0.05, 0) is 60.3 Å². The molecule has 1 unspecified atom stereocenters. The van der Waals surface area contributed by atoms with Crippen LogP contribution in [0.1, 0.15) is 26.2 Å². The molecule has 1 aromatic carbocycles. The van der Waals surface area contributed by atoms with Gasteiger partial charge in [-0.3, -0.25) is 4.79 Å². The van der Waals surface area contributed by atoms with E-state index in [0.29, 0.717) is 23.7 Å². The first-order valence-corrected chi connectivity index (χ1v) is 9.43. The van der Waals surface area contributed by atoms with Gasteiger partial charge >= 0.3 is 5.97 Å². The Labute approximate surface area is 140 Å². The molecule has 0 saturated carbocycles. The molecule has 1 aliphatic rings. The van der Waals surface area contributed by atoms with Crippen molar-refractivity contribution in [2.24, 2.45) is 0 Å². The summed E-state index contributed by atoms with van der Waals surface area (Å²) in [7, 11) is -3.88. The molecule has 116 valence electrons. The van der Waals surface area contributed by atoms with E-state index in [2.05, 4.69) is 31.9 Å². The molecule has 1 fully saturated rings. The van der Waals surface area contributed by atoms with Gasteiger partial charge in [0, 0.05) is 15.5 Å². The molecule has 0 radical (unpaired) electrons. The molecule has 0 aliphatic carbocycles. The number of carboxylic acid groups (broad SMARTS) is 1. The molecule has 1 N–H and O–H groups in total. The normalized spacial score (nSPS) is 24.0. The first-order valence-electron chi connectivity index (χ1n) is 6.41. The molecule has 1 heterocycles. The number of halogens is 2. The SMILES string of the molecule is CC1(C(=O)O)CCCCN1S(=O)(=O)c1ccc(Br)cc1Br. The number of nitrogens with zero attached hydrogens (tertiary/aromatic N) is 1. The van der Waals surface area contributed by atoms with Gasteiger partial charge < -0.3 is 5.11 Å². The standard InChI is InChI=1S/C13H15Br2NO4S/c1-13(12(17)18)6-2-3-7-16(13)21(19,20)11-5-4-9(14)8-10(11)15/h4-5,8H,2-3,6-7H2,1H3,(H,17,18). The second-order valence-corrected chi connectivity index (χ2v) is 8.79. The van der Waals surface area contributed by atoms with Crippen molar-refractivity contribution < 1.29 is 18.3 Å². The predicted molar refractivity (Wildman–Crippen MR) is 85.6 cm³/mol. The summed E-state index contributed by atoms with van der Waals surface area (Å²) in [6, 6.07) is 4.73. The van der Waals surface area contributed by atoms with Crippen LogP contribution in [-0.2, 0) is 14.8 Å². The van der Waals surface area contributed by atoms with Crippen molar-refractivity contribution in [3.05, 3.63) is 27.1 Å². The molecule has 1 aliphatic heterocycles. The van der Waals surface area contributed by atoms with Gasteiger partial charge in [0.05, 0.1) is 4.90 Å². The summed E-state index contributed by atoms with van der Waals surface area (Å²) in [5.41, 5.74) is -1.40. The summed E-state index contributed by atoms with van der Waals surface area (Å²) in [6.45, 7) is 1.69. The third-order valence-electron chi connectivity index (χ3n) is 3.75. The van der Waals surface area contributed by atoms with Gasteiger partial charge in [0.1, 0.15) is 5.54 Å². The van der Waals surface area contributed by atoms with Gasteiger partial charge in [0.2, 0.25) is 10.0 Å². The van der Waals surface area contributed by atoms with Gasteiger partial charge in [-0.1, -0.05) is 15.9 Å². The van der Waals surface area contributed by atoms with Gasteiger partial charge in [-0.15, -0.1) is 0 Å². The molecule has 2 rings (SSSR count). The van der Waals surface area contributed by atoms with E-state index in [1.165, 1.54) is 13.0 Å². The van der Waals surface area contributed by atoms with E-state index in [1.54, 1.807) is 12.1 Å². The average molecular weight is 441 g/mol. The number of rotatable bonds is 3. The molecule has 0 aromatic heterocycles. The van der Waals surface area contributed by atoms with Crippen LogP contribution < -0.4 is 0 Å². The molecule has 1 saturated heterocycles. The van der Waals surface area contributed by atoms with Gasteiger partial charge in [-0.25, -0.2) is 8.42 Å². The zero-order valence-corrected chi connectivity index (χ0v) is 15.3. The van der Waals surface area contributed by atoms with Crippen molar-refractivity contribution in [2.75, 3.05) is 6.54 Å². The predicted octanol–water partition coefficient (Wildman–Crippen LogP) is 3.23. The first kappa shape index (κ1) is 16.9. The van der Waals surface area contributed by atoms with Crippen LogP contribution in [0.2, 0.25) is 0 Å². The smallest absolute Gasteiger partial charge is 0.324 e. The largest absolute Gasteiger partial charge is 0.480 e. The van der Waals surface area contributed by atoms with Crippen LogP contribution in [0, 0.1) is 0 Å². The minimum absolute atomic E-state index is 0.0834. The number of carboxylic acids is 1. The summed E-state index contributed by atoms with van der Waals surface area (Å²) in [4.78, 5) is 11.7. The van der Waals surface area contributed by atoms with Crippen molar-refractivity contribution in [3.63, 3.8) is 0 Å². The highest BCUT2D eigenvalue weighted by molar-refractivity contribution is 9.11. The molecule has 0 spiro atoms. The van der Waals surface area contributed by atoms with Crippen LogP contribution in [0.4, 0.5) is 0 Å². The maximum absolute atomic E-state index is 12.9. The van der Waals surface area contributed by atoms with Gasteiger partial charge in [-0.2, -0.15) is 4.31 Å². The van der Waals surface area contributed by atoms with Crippen molar-refractivity contribution in [2.45, 2.75) is 36.6 Å². The van der Waals surface area contributed by atoms with Crippen LogP contribution in [0.3, 0.4) is 0 Å². The second kappa shape index (κ2) is 5.98. The third kappa shape index (κ3) is 3.04. The lowest BCUT2D eigenvalue weighted by Crippen LogP contribution is -2.57. The van der Waals surface area contributed by atoms with E-state index < -0.39 is 21.5 Å². The lowest BCUT2D eigenvalue weighted by atomic mass is 9.91. The molecular weight excluding hydrogens is 426 g/mol. The van der Waals surface area contributed by atoms with E-state index in [1.807, 2.05) is 0 Å². The minimum atomic E-state index is -3.88. The summed E-state index contributed by atoms with van der Waals surface area (Å²) in [5.74, 6) is -1.11. The maximum Gasteiger partial charge on any atom is 0.324 e. The van der Waals surface area contributed by atoms with Crippen molar-refractivity contribution in [1.29, 1.82) is 0 Å². The van der Waals surface area contributed by atoms with E-state index in [9.17, 15) is 18.3 Å². The third-order valence-corrected chi connectivity index (χ3v) is 7.24. The number of aliphatic carboxylic acids is 1. The zero-order chi connectivity index (χ0) is 15.8. The number of benzene rings is 1. The number of hydrogen-bond donors (Lipinski definition) is 1. The molecule has 0 amide bonds. The van der Waals surface area contributed by atoms with E-state index >= 15 is 0 Å². The fraction of sp³-hybridized carbons (Fsp3) is 0.462. The molecule has 1 aromatic rings.